The number of hydrogen-bond donors (Lipinski definition) is 0. The smallest absolute Gasteiger partial charge is 0.156 e. The molecule has 3 rings (SSSR count). The predicted molar refractivity (Wildman–Crippen MR) is 78.8 cm³/mol. The summed E-state index contributed by atoms with van der Waals surface area (Å²) in [6, 6.07) is 12.5. The second-order valence-corrected chi connectivity index (χ2v) is 5.37. The van der Waals surface area contributed by atoms with Crippen LogP contribution < -0.4 is 0 Å². The van der Waals surface area contributed by atoms with Crippen LogP contribution in [0.1, 0.15) is 17.0 Å². The minimum Gasteiger partial charge on any atom is -0.221 e. The first kappa shape index (κ1) is 12.2. The third kappa shape index (κ3) is 2.49. The van der Waals surface area contributed by atoms with Crippen molar-refractivity contribution in [1.82, 2.24) is 14.6 Å². The lowest BCUT2D eigenvalue weighted by molar-refractivity contribution is 0.892. The maximum atomic E-state index is 4.59. The molecule has 0 N–H and O–H groups in total. The van der Waals surface area contributed by atoms with E-state index in [9.17, 15) is 0 Å². The Labute approximate surface area is 116 Å². The van der Waals surface area contributed by atoms with Crippen molar-refractivity contribution < 1.29 is 0 Å². The lowest BCUT2D eigenvalue weighted by Gasteiger charge is -2.03. The lowest BCUT2D eigenvalue weighted by Crippen LogP contribution is -1.93. The number of rotatable bonds is 3. The fourth-order valence-corrected chi connectivity index (χ4v) is 2.74. The van der Waals surface area contributed by atoms with Gasteiger partial charge in [-0.3, -0.25) is 0 Å². The summed E-state index contributed by atoms with van der Waals surface area (Å²) in [5.41, 5.74) is 3.40. The predicted octanol–water partition coefficient (Wildman–Crippen LogP) is 3.35. The Morgan fingerprint density at radius 3 is 2.89 bits per heavy atom. The molecule has 0 aliphatic rings. The minimum absolute atomic E-state index is 0.776. The van der Waals surface area contributed by atoms with Crippen molar-refractivity contribution in [1.29, 1.82) is 0 Å². The van der Waals surface area contributed by atoms with Gasteiger partial charge in [-0.25, -0.2) is 9.50 Å². The Kier molecular flexibility index (Phi) is 3.25. The van der Waals surface area contributed by atoms with Gasteiger partial charge in [0.25, 0.3) is 0 Å². The highest BCUT2D eigenvalue weighted by Crippen LogP contribution is 2.21. The van der Waals surface area contributed by atoms with Crippen molar-refractivity contribution in [2.24, 2.45) is 0 Å². The molecule has 0 aliphatic carbocycles. The van der Waals surface area contributed by atoms with Gasteiger partial charge in [0.1, 0.15) is 0 Å². The zero-order valence-electron chi connectivity index (χ0n) is 11.0. The van der Waals surface area contributed by atoms with E-state index in [-0.39, 0.29) is 0 Å². The zero-order chi connectivity index (χ0) is 13.2. The maximum Gasteiger partial charge on any atom is 0.156 e. The molecule has 0 atom stereocenters. The van der Waals surface area contributed by atoms with Gasteiger partial charge >= 0.3 is 0 Å². The van der Waals surface area contributed by atoms with Crippen LogP contribution in [0.25, 0.3) is 5.65 Å². The van der Waals surface area contributed by atoms with E-state index in [4.69, 9.17) is 0 Å². The van der Waals surface area contributed by atoms with Crippen LogP contribution in [-0.2, 0) is 6.42 Å². The monoisotopic (exact) mass is 269 g/mol. The van der Waals surface area contributed by atoms with Crippen LogP contribution >= 0.6 is 11.8 Å². The molecule has 0 saturated heterocycles. The van der Waals surface area contributed by atoms with Crippen LogP contribution in [0.2, 0.25) is 0 Å². The van der Waals surface area contributed by atoms with Gasteiger partial charge in [-0.1, -0.05) is 18.2 Å². The molecule has 3 aromatic rings. The average molecular weight is 269 g/mol. The van der Waals surface area contributed by atoms with Crippen LogP contribution in [0.3, 0.4) is 0 Å². The largest absolute Gasteiger partial charge is 0.221 e. The Balaban J connectivity index is 1.96. The van der Waals surface area contributed by atoms with Gasteiger partial charge in [-0.2, -0.15) is 5.10 Å². The van der Waals surface area contributed by atoms with Crippen LogP contribution in [0.15, 0.2) is 47.5 Å². The van der Waals surface area contributed by atoms with Gasteiger partial charge in [0.15, 0.2) is 11.5 Å². The zero-order valence-corrected chi connectivity index (χ0v) is 11.8. The lowest BCUT2D eigenvalue weighted by atomic mass is 10.1. The number of benzene rings is 1. The first-order valence-corrected chi connectivity index (χ1v) is 7.42. The average Bonchev–Trinajstić information content (AvgIpc) is 2.80. The van der Waals surface area contributed by atoms with E-state index in [1.165, 1.54) is 16.0 Å². The SMILES string of the molecule is CSc1ccccc1Cc1nc2cc(C)ccn2n1. The van der Waals surface area contributed by atoms with E-state index >= 15 is 0 Å². The van der Waals surface area contributed by atoms with Gasteiger partial charge in [0, 0.05) is 17.5 Å². The summed E-state index contributed by atoms with van der Waals surface area (Å²) in [6.07, 6.45) is 4.83. The molecule has 1 aromatic carbocycles. The van der Waals surface area contributed by atoms with Gasteiger partial charge < -0.3 is 0 Å². The highest BCUT2D eigenvalue weighted by atomic mass is 32.2. The molecule has 0 amide bonds. The molecule has 0 fully saturated rings. The molecule has 0 aliphatic heterocycles. The third-order valence-electron chi connectivity index (χ3n) is 3.08. The number of thioether (sulfide) groups is 1. The molecule has 19 heavy (non-hydrogen) atoms. The van der Waals surface area contributed by atoms with E-state index in [1.807, 2.05) is 16.8 Å². The third-order valence-corrected chi connectivity index (χ3v) is 3.92. The standard InChI is InChI=1S/C15H15N3S/c1-11-7-8-18-15(9-11)16-14(17-18)10-12-5-3-4-6-13(12)19-2/h3-9H,10H2,1-2H3. The number of aryl methyl sites for hydroxylation is 1. The number of nitrogens with zero attached hydrogens (tertiary/aromatic N) is 3. The molecular weight excluding hydrogens is 254 g/mol. The van der Waals surface area contributed by atoms with Crippen LogP contribution in [0.4, 0.5) is 0 Å². The summed E-state index contributed by atoms with van der Waals surface area (Å²) < 4.78 is 1.84. The highest BCUT2D eigenvalue weighted by molar-refractivity contribution is 7.98. The summed E-state index contributed by atoms with van der Waals surface area (Å²) in [5, 5.41) is 4.52. The van der Waals surface area contributed by atoms with Crippen LogP contribution in [-0.4, -0.2) is 20.9 Å². The molecule has 0 unspecified atom stereocenters. The van der Waals surface area contributed by atoms with Crippen LogP contribution in [0.5, 0.6) is 0 Å². The molecule has 0 saturated carbocycles. The number of fused-ring (bicyclic) bond motifs is 1. The number of aromatic nitrogens is 3. The van der Waals surface area contributed by atoms with Crippen molar-refractivity contribution in [3.8, 4) is 0 Å². The minimum atomic E-state index is 0.776. The normalized spacial score (nSPS) is 11.1. The highest BCUT2D eigenvalue weighted by Gasteiger charge is 2.07. The topological polar surface area (TPSA) is 30.2 Å². The van der Waals surface area contributed by atoms with E-state index in [0.717, 1.165) is 17.9 Å². The molecule has 0 bridgehead atoms. The second-order valence-electron chi connectivity index (χ2n) is 4.52. The van der Waals surface area contributed by atoms with Gasteiger partial charge in [-0.15, -0.1) is 11.8 Å². The number of hydrogen-bond acceptors (Lipinski definition) is 3. The molecule has 2 aromatic heterocycles. The number of pyridine rings is 1. The first-order valence-electron chi connectivity index (χ1n) is 6.20. The second kappa shape index (κ2) is 5.05. The van der Waals surface area contributed by atoms with E-state index < -0.39 is 0 Å². The summed E-state index contributed by atoms with van der Waals surface area (Å²) in [7, 11) is 0. The van der Waals surface area contributed by atoms with Gasteiger partial charge in [0.2, 0.25) is 0 Å². The van der Waals surface area contributed by atoms with E-state index in [0.29, 0.717) is 0 Å². The summed E-state index contributed by atoms with van der Waals surface area (Å²) in [5.74, 6) is 0.868. The molecule has 0 spiro atoms. The Morgan fingerprint density at radius 1 is 1.21 bits per heavy atom. The van der Waals surface area contributed by atoms with Crippen molar-refractivity contribution in [3.05, 3.63) is 59.5 Å². The maximum absolute atomic E-state index is 4.59. The summed E-state index contributed by atoms with van der Waals surface area (Å²) in [4.78, 5) is 5.88. The summed E-state index contributed by atoms with van der Waals surface area (Å²) in [6.45, 7) is 2.07. The fourth-order valence-electron chi connectivity index (χ4n) is 2.12. The van der Waals surface area contributed by atoms with Crippen molar-refractivity contribution in [2.75, 3.05) is 6.26 Å². The van der Waals surface area contributed by atoms with E-state index in [1.54, 1.807) is 11.8 Å². The molecular formula is C15H15N3S. The fraction of sp³-hybridized carbons (Fsp3) is 0.200. The first-order chi connectivity index (χ1) is 9.26. The van der Waals surface area contributed by atoms with Gasteiger partial charge in [-0.05, 0) is 42.5 Å². The van der Waals surface area contributed by atoms with Gasteiger partial charge in [0.05, 0.1) is 0 Å². The molecule has 0 radical (unpaired) electrons. The van der Waals surface area contributed by atoms with Crippen molar-refractivity contribution in [3.63, 3.8) is 0 Å². The van der Waals surface area contributed by atoms with Crippen molar-refractivity contribution >= 4 is 17.4 Å². The molecule has 2 heterocycles. The quantitative estimate of drug-likeness (QED) is 0.683. The molecule has 4 heteroatoms. The molecule has 96 valence electrons. The van der Waals surface area contributed by atoms with Crippen LogP contribution in [0, 0.1) is 6.92 Å². The Morgan fingerprint density at radius 2 is 2.05 bits per heavy atom. The van der Waals surface area contributed by atoms with Crippen molar-refractivity contribution in [2.45, 2.75) is 18.2 Å². The Hall–Kier alpha value is -1.81. The molecule has 3 nitrogen and oxygen atoms in total. The summed E-state index contributed by atoms with van der Waals surface area (Å²) >= 11 is 1.76. The van der Waals surface area contributed by atoms with E-state index in [2.05, 4.69) is 53.6 Å². The Bertz CT molecular complexity index is 718.